The van der Waals surface area contributed by atoms with E-state index in [-0.39, 0.29) is 24.0 Å². The predicted molar refractivity (Wildman–Crippen MR) is 123 cm³/mol. The highest BCUT2D eigenvalue weighted by Gasteiger charge is 2.16. The molecule has 5 nitrogen and oxygen atoms in total. The van der Waals surface area contributed by atoms with Crippen LogP contribution in [0.4, 0.5) is 5.13 Å². The summed E-state index contributed by atoms with van der Waals surface area (Å²) in [4.78, 5) is 11.5. The Labute approximate surface area is 179 Å². The molecular weight excluding hydrogens is 457 g/mol. The molecule has 2 heterocycles. The molecule has 1 aromatic rings. The Morgan fingerprint density at radius 3 is 2.65 bits per heavy atom. The number of thiazole rings is 1. The number of guanidine groups is 1. The van der Waals surface area contributed by atoms with Gasteiger partial charge in [0.05, 0.1) is 5.69 Å². The summed E-state index contributed by atoms with van der Waals surface area (Å²) in [5, 5.41) is 10.3. The van der Waals surface area contributed by atoms with E-state index in [4.69, 9.17) is 4.98 Å². The molecule has 0 radical (unpaired) electrons. The van der Waals surface area contributed by atoms with Crippen LogP contribution in [-0.2, 0) is 6.42 Å². The molecule has 2 fully saturated rings. The van der Waals surface area contributed by atoms with Crippen LogP contribution in [0.2, 0.25) is 0 Å². The van der Waals surface area contributed by atoms with Crippen molar-refractivity contribution in [3.05, 3.63) is 11.1 Å². The number of rotatable bonds is 8. The average Bonchev–Trinajstić information content (AvgIpc) is 3.39. The van der Waals surface area contributed by atoms with Crippen LogP contribution in [0.25, 0.3) is 0 Å². The number of nitrogens with zero attached hydrogens (tertiary/aromatic N) is 3. The van der Waals surface area contributed by atoms with Crippen LogP contribution in [0.5, 0.6) is 0 Å². The van der Waals surface area contributed by atoms with Crippen LogP contribution in [0.1, 0.15) is 57.1 Å². The van der Waals surface area contributed by atoms with Gasteiger partial charge in [-0.2, -0.15) is 0 Å². The number of aromatic nitrogens is 1. The van der Waals surface area contributed by atoms with E-state index < -0.39 is 0 Å². The molecule has 0 amide bonds. The highest BCUT2D eigenvalue weighted by atomic mass is 127. The lowest BCUT2D eigenvalue weighted by molar-refractivity contribution is 0.481. The molecule has 1 aromatic heterocycles. The second-order valence-corrected chi connectivity index (χ2v) is 8.12. The minimum Gasteiger partial charge on any atom is -0.356 e. The fraction of sp³-hybridized carbons (Fsp3) is 0.789. The van der Waals surface area contributed by atoms with Crippen molar-refractivity contribution in [2.75, 3.05) is 38.1 Å². The van der Waals surface area contributed by atoms with Gasteiger partial charge in [0.25, 0.3) is 0 Å². The van der Waals surface area contributed by atoms with Crippen molar-refractivity contribution >= 4 is 46.4 Å². The third-order valence-corrected chi connectivity index (χ3v) is 6.32. The number of aliphatic imine (C=N–C) groups is 1. The molecule has 0 aromatic carbocycles. The Hall–Kier alpha value is -0.570. The number of halogens is 1. The van der Waals surface area contributed by atoms with E-state index in [1.807, 2.05) is 7.05 Å². The van der Waals surface area contributed by atoms with E-state index in [2.05, 4.69) is 25.9 Å². The fourth-order valence-electron chi connectivity index (χ4n) is 3.89. The van der Waals surface area contributed by atoms with Crippen LogP contribution in [0, 0.1) is 5.92 Å². The van der Waals surface area contributed by atoms with E-state index in [0.29, 0.717) is 0 Å². The smallest absolute Gasteiger partial charge is 0.190 e. The molecule has 1 aliphatic heterocycles. The molecule has 2 N–H and O–H groups in total. The number of hydrogen-bond donors (Lipinski definition) is 2. The molecule has 7 heteroatoms. The molecule has 1 saturated heterocycles. The molecule has 1 saturated carbocycles. The second kappa shape index (κ2) is 12.0. The number of nitrogens with one attached hydrogen (secondary N) is 2. The zero-order chi connectivity index (χ0) is 17.3. The largest absolute Gasteiger partial charge is 0.356 e. The summed E-state index contributed by atoms with van der Waals surface area (Å²) in [5.74, 6) is 1.90. The zero-order valence-corrected chi connectivity index (χ0v) is 19.2. The lowest BCUT2D eigenvalue weighted by Gasteiger charge is -2.13. The summed E-state index contributed by atoms with van der Waals surface area (Å²) in [6.07, 6.45) is 11.9. The average molecular weight is 491 g/mol. The quantitative estimate of drug-likeness (QED) is 0.250. The molecule has 1 aliphatic carbocycles. The van der Waals surface area contributed by atoms with Crippen LogP contribution < -0.4 is 15.5 Å². The summed E-state index contributed by atoms with van der Waals surface area (Å²) in [6, 6.07) is 0. The molecule has 26 heavy (non-hydrogen) atoms. The van der Waals surface area contributed by atoms with Crippen molar-refractivity contribution in [2.24, 2.45) is 10.9 Å². The summed E-state index contributed by atoms with van der Waals surface area (Å²) >= 11 is 1.78. The minimum atomic E-state index is 0. The Kier molecular flexibility index (Phi) is 10.0. The number of hydrogen-bond acceptors (Lipinski definition) is 4. The zero-order valence-electron chi connectivity index (χ0n) is 16.0. The molecule has 2 aliphatic rings. The van der Waals surface area contributed by atoms with Crippen molar-refractivity contribution in [3.8, 4) is 0 Å². The van der Waals surface area contributed by atoms with E-state index in [1.165, 1.54) is 75.3 Å². The lowest BCUT2D eigenvalue weighted by Crippen LogP contribution is -2.38. The Morgan fingerprint density at radius 2 is 1.92 bits per heavy atom. The van der Waals surface area contributed by atoms with Crippen molar-refractivity contribution in [1.82, 2.24) is 15.6 Å². The van der Waals surface area contributed by atoms with Gasteiger partial charge >= 0.3 is 0 Å². The highest BCUT2D eigenvalue weighted by Crippen LogP contribution is 2.28. The van der Waals surface area contributed by atoms with Gasteiger partial charge in [0.1, 0.15) is 0 Å². The van der Waals surface area contributed by atoms with Gasteiger partial charge < -0.3 is 15.5 Å². The standard InChI is InChI=1S/C19H33N5S.HI/c1-20-18(21-11-6-9-16-7-2-3-8-16)22-12-10-17-15-25-19(23-17)24-13-4-5-14-24;/h15-16H,2-14H2,1H3,(H2,20,21,22);1H. The topological polar surface area (TPSA) is 52.6 Å². The monoisotopic (exact) mass is 491 g/mol. The molecule has 0 unspecified atom stereocenters. The van der Waals surface area contributed by atoms with E-state index in [9.17, 15) is 0 Å². The lowest BCUT2D eigenvalue weighted by atomic mass is 10.0. The van der Waals surface area contributed by atoms with E-state index >= 15 is 0 Å². The van der Waals surface area contributed by atoms with Gasteiger partial charge in [0, 0.05) is 45.0 Å². The first kappa shape index (κ1) is 21.7. The van der Waals surface area contributed by atoms with Gasteiger partial charge in [-0.3, -0.25) is 4.99 Å². The first-order valence-electron chi connectivity index (χ1n) is 9.99. The second-order valence-electron chi connectivity index (χ2n) is 7.28. The molecule has 0 bridgehead atoms. The van der Waals surface area contributed by atoms with Crippen molar-refractivity contribution in [1.29, 1.82) is 0 Å². The third kappa shape index (κ3) is 6.87. The highest BCUT2D eigenvalue weighted by molar-refractivity contribution is 14.0. The molecule has 148 valence electrons. The normalized spacial score (nSPS) is 18.2. The van der Waals surface area contributed by atoms with Crippen molar-refractivity contribution in [2.45, 2.75) is 57.8 Å². The van der Waals surface area contributed by atoms with Gasteiger partial charge in [0.2, 0.25) is 0 Å². The molecule has 0 spiro atoms. The van der Waals surface area contributed by atoms with Crippen LogP contribution in [-0.4, -0.2) is 44.2 Å². The Morgan fingerprint density at radius 1 is 1.19 bits per heavy atom. The first-order chi connectivity index (χ1) is 12.3. The van der Waals surface area contributed by atoms with Crippen LogP contribution >= 0.6 is 35.3 Å². The van der Waals surface area contributed by atoms with Crippen molar-refractivity contribution < 1.29 is 0 Å². The summed E-state index contributed by atoms with van der Waals surface area (Å²) in [7, 11) is 1.85. The van der Waals surface area contributed by atoms with Gasteiger partial charge in [-0.25, -0.2) is 4.98 Å². The van der Waals surface area contributed by atoms with Gasteiger partial charge in [-0.1, -0.05) is 25.7 Å². The van der Waals surface area contributed by atoms with Crippen molar-refractivity contribution in [3.63, 3.8) is 0 Å². The fourth-order valence-corrected chi connectivity index (χ4v) is 4.80. The summed E-state index contributed by atoms with van der Waals surface area (Å²) in [6.45, 7) is 4.24. The molecule has 3 rings (SSSR count). The van der Waals surface area contributed by atoms with Gasteiger partial charge in [-0.15, -0.1) is 35.3 Å². The van der Waals surface area contributed by atoms with E-state index in [1.54, 1.807) is 11.3 Å². The summed E-state index contributed by atoms with van der Waals surface area (Å²) < 4.78 is 0. The maximum Gasteiger partial charge on any atom is 0.190 e. The number of anilines is 1. The molecule has 0 atom stereocenters. The predicted octanol–water partition coefficient (Wildman–Crippen LogP) is 4.04. The SMILES string of the molecule is CN=C(NCCCC1CCCC1)NCCc1csc(N2CCCC2)n1.I. The Balaban J connectivity index is 0.00000243. The van der Waals surface area contributed by atoms with Crippen LogP contribution in [0.15, 0.2) is 10.4 Å². The van der Waals surface area contributed by atoms with Crippen LogP contribution in [0.3, 0.4) is 0 Å². The Bertz CT molecular complexity index is 536. The third-order valence-electron chi connectivity index (χ3n) is 5.37. The van der Waals surface area contributed by atoms with Gasteiger partial charge in [-0.05, 0) is 31.6 Å². The maximum absolute atomic E-state index is 4.78. The first-order valence-corrected chi connectivity index (χ1v) is 10.9. The maximum atomic E-state index is 4.78. The minimum absolute atomic E-state index is 0. The summed E-state index contributed by atoms with van der Waals surface area (Å²) in [5.41, 5.74) is 1.19. The van der Waals surface area contributed by atoms with Gasteiger partial charge in [0.15, 0.2) is 11.1 Å². The van der Waals surface area contributed by atoms with E-state index in [0.717, 1.165) is 31.4 Å². The molecular formula is C19H34IN5S.